The van der Waals surface area contributed by atoms with Crippen molar-refractivity contribution in [3.63, 3.8) is 0 Å². The van der Waals surface area contributed by atoms with E-state index in [2.05, 4.69) is 13.8 Å². The molecular weight excluding hydrogens is 154 g/mol. The summed E-state index contributed by atoms with van der Waals surface area (Å²) < 4.78 is 0.0885. The van der Waals surface area contributed by atoms with E-state index in [-0.39, 0.29) is 10.3 Å². The van der Waals surface area contributed by atoms with E-state index < -0.39 is 0 Å². The van der Waals surface area contributed by atoms with E-state index in [9.17, 15) is 0 Å². The number of hydrogen-bond acceptors (Lipinski definition) is 2. The lowest BCUT2D eigenvalue weighted by atomic mass is 9.76. The van der Waals surface area contributed by atoms with Crippen molar-refractivity contribution in [2.45, 2.75) is 56.2 Å². The van der Waals surface area contributed by atoms with Gasteiger partial charge in [0, 0.05) is 10.3 Å². The van der Waals surface area contributed by atoms with Gasteiger partial charge in [-0.25, -0.2) is 0 Å². The highest BCUT2D eigenvalue weighted by molar-refractivity contribution is 7.82. The Bertz CT molecular complexity index is 131. The first-order valence-electron chi connectivity index (χ1n) is 4.47. The molecule has 0 saturated heterocycles. The van der Waals surface area contributed by atoms with Crippen molar-refractivity contribution in [3.05, 3.63) is 0 Å². The number of hydrogen-bond donors (Lipinski definition) is 2. The van der Waals surface area contributed by atoms with Gasteiger partial charge in [-0.05, 0) is 26.7 Å². The van der Waals surface area contributed by atoms with E-state index >= 15 is 0 Å². The fourth-order valence-electron chi connectivity index (χ4n) is 1.78. The zero-order valence-electron chi connectivity index (χ0n) is 7.56. The maximum absolute atomic E-state index is 6.07. The summed E-state index contributed by atoms with van der Waals surface area (Å²) in [6.07, 6.45) is 6.31. The third-order valence-electron chi connectivity index (χ3n) is 2.88. The van der Waals surface area contributed by atoms with E-state index in [1.165, 1.54) is 32.1 Å². The molecule has 0 aromatic rings. The molecule has 2 N–H and O–H groups in total. The summed E-state index contributed by atoms with van der Waals surface area (Å²) in [7, 11) is 0. The number of nitrogens with two attached hydrogens (primary N) is 1. The van der Waals surface area contributed by atoms with Gasteiger partial charge < -0.3 is 5.73 Å². The van der Waals surface area contributed by atoms with Gasteiger partial charge in [-0.1, -0.05) is 19.3 Å². The molecule has 0 spiro atoms. The second kappa shape index (κ2) is 2.98. The van der Waals surface area contributed by atoms with Gasteiger partial charge in [-0.2, -0.15) is 12.6 Å². The molecule has 1 aliphatic rings. The van der Waals surface area contributed by atoms with Crippen LogP contribution in [0.15, 0.2) is 0 Å². The predicted octanol–water partition coefficient (Wildman–Crippen LogP) is 2.36. The zero-order valence-corrected chi connectivity index (χ0v) is 8.45. The Balaban J connectivity index is 2.64. The lowest BCUT2D eigenvalue weighted by Crippen LogP contribution is -2.53. The molecule has 0 heterocycles. The van der Waals surface area contributed by atoms with Crippen molar-refractivity contribution in [1.29, 1.82) is 0 Å². The largest absolute Gasteiger partial charge is 0.324 e. The first-order chi connectivity index (χ1) is 4.96. The van der Waals surface area contributed by atoms with Gasteiger partial charge >= 0.3 is 0 Å². The second-order valence-corrected chi connectivity index (χ2v) is 5.17. The van der Waals surface area contributed by atoms with Crippen molar-refractivity contribution in [1.82, 2.24) is 0 Å². The molecule has 0 aromatic carbocycles. The van der Waals surface area contributed by atoms with Crippen molar-refractivity contribution < 1.29 is 0 Å². The fourth-order valence-corrected chi connectivity index (χ4v) is 2.10. The maximum Gasteiger partial charge on any atom is 0.0304 e. The summed E-state index contributed by atoms with van der Waals surface area (Å²) in [5.74, 6) is 0. The SMILES string of the molecule is CC(C)(N)C1(S)CCCCC1. The zero-order chi connectivity index (χ0) is 8.54. The normalized spacial score (nSPS) is 25.1. The van der Waals surface area contributed by atoms with Gasteiger partial charge in [-0.15, -0.1) is 0 Å². The highest BCUT2D eigenvalue weighted by Crippen LogP contribution is 2.40. The Morgan fingerprint density at radius 3 is 1.91 bits per heavy atom. The molecule has 1 nitrogen and oxygen atoms in total. The third kappa shape index (κ3) is 1.91. The molecule has 1 rings (SSSR count). The van der Waals surface area contributed by atoms with Crippen LogP contribution in [-0.4, -0.2) is 10.3 Å². The topological polar surface area (TPSA) is 26.0 Å². The summed E-state index contributed by atoms with van der Waals surface area (Å²) in [4.78, 5) is 0. The molecule has 2 heteroatoms. The van der Waals surface area contributed by atoms with E-state index in [0.717, 1.165) is 0 Å². The van der Waals surface area contributed by atoms with Crippen LogP contribution in [0.5, 0.6) is 0 Å². The monoisotopic (exact) mass is 173 g/mol. The smallest absolute Gasteiger partial charge is 0.0304 e. The molecule has 1 fully saturated rings. The number of rotatable bonds is 1. The third-order valence-corrected chi connectivity index (χ3v) is 3.90. The Labute approximate surface area is 75.1 Å². The highest BCUT2D eigenvalue weighted by Gasteiger charge is 2.39. The average molecular weight is 173 g/mol. The summed E-state index contributed by atoms with van der Waals surface area (Å²) >= 11 is 4.71. The standard InChI is InChI=1S/C9H19NS/c1-8(2,10)9(11)6-4-3-5-7-9/h11H,3-7,10H2,1-2H3. The first-order valence-corrected chi connectivity index (χ1v) is 4.92. The summed E-state index contributed by atoms with van der Waals surface area (Å²) in [5.41, 5.74) is 5.94. The Kier molecular flexibility index (Phi) is 2.55. The highest BCUT2D eigenvalue weighted by atomic mass is 32.1. The van der Waals surface area contributed by atoms with Crippen LogP contribution in [-0.2, 0) is 0 Å². The summed E-state index contributed by atoms with van der Waals surface area (Å²) in [6, 6.07) is 0. The quantitative estimate of drug-likeness (QED) is 0.585. The molecule has 0 amide bonds. The Morgan fingerprint density at radius 1 is 1.18 bits per heavy atom. The van der Waals surface area contributed by atoms with Gasteiger partial charge in [0.25, 0.3) is 0 Å². The molecule has 0 bridgehead atoms. The number of thiol groups is 1. The van der Waals surface area contributed by atoms with Crippen LogP contribution in [0.25, 0.3) is 0 Å². The van der Waals surface area contributed by atoms with Gasteiger partial charge in [0.15, 0.2) is 0 Å². The average Bonchev–Trinajstić information content (AvgIpc) is 1.87. The van der Waals surface area contributed by atoms with Crippen LogP contribution in [0.4, 0.5) is 0 Å². The first kappa shape index (κ1) is 9.40. The summed E-state index contributed by atoms with van der Waals surface area (Å²) in [6.45, 7) is 4.18. The van der Waals surface area contributed by atoms with E-state index in [1.54, 1.807) is 0 Å². The van der Waals surface area contributed by atoms with Crippen molar-refractivity contribution in [2.75, 3.05) is 0 Å². The van der Waals surface area contributed by atoms with Crippen LogP contribution in [0.2, 0.25) is 0 Å². The van der Waals surface area contributed by atoms with Crippen LogP contribution in [0.3, 0.4) is 0 Å². The lowest BCUT2D eigenvalue weighted by molar-refractivity contribution is 0.280. The van der Waals surface area contributed by atoms with Crippen molar-refractivity contribution in [2.24, 2.45) is 5.73 Å². The Morgan fingerprint density at radius 2 is 1.64 bits per heavy atom. The predicted molar refractivity (Wildman–Crippen MR) is 53.1 cm³/mol. The molecule has 11 heavy (non-hydrogen) atoms. The molecule has 0 aromatic heterocycles. The van der Waals surface area contributed by atoms with Crippen LogP contribution in [0.1, 0.15) is 46.0 Å². The van der Waals surface area contributed by atoms with E-state index in [1.807, 2.05) is 0 Å². The molecule has 1 saturated carbocycles. The molecular formula is C9H19NS. The molecule has 0 radical (unpaired) electrons. The molecule has 0 aliphatic heterocycles. The minimum absolute atomic E-state index is 0.0885. The van der Waals surface area contributed by atoms with Gasteiger partial charge in [-0.3, -0.25) is 0 Å². The van der Waals surface area contributed by atoms with E-state index in [4.69, 9.17) is 18.4 Å². The molecule has 0 atom stereocenters. The van der Waals surface area contributed by atoms with Crippen molar-refractivity contribution >= 4 is 12.6 Å². The molecule has 0 unspecified atom stereocenters. The minimum Gasteiger partial charge on any atom is -0.324 e. The van der Waals surface area contributed by atoms with Crippen LogP contribution in [0, 0.1) is 0 Å². The van der Waals surface area contributed by atoms with Crippen LogP contribution >= 0.6 is 12.6 Å². The molecule has 1 aliphatic carbocycles. The lowest BCUT2D eigenvalue weighted by Gasteiger charge is -2.43. The van der Waals surface area contributed by atoms with E-state index in [0.29, 0.717) is 0 Å². The minimum atomic E-state index is -0.128. The second-order valence-electron chi connectivity index (χ2n) is 4.31. The molecule has 66 valence electrons. The Hall–Kier alpha value is 0.310. The van der Waals surface area contributed by atoms with Gasteiger partial charge in [0.1, 0.15) is 0 Å². The summed E-state index contributed by atoms with van der Waals surface area (Å²) in [5, 5.41) is 0. The van der Waals surface area contributed by atoms with Gasteiger partial charge in [0.2, 0.25) is 0 Å². The van der Waals surface area contributed by atoms with Gasteiger partial charge in [0.05, 0.1) is 0 Å². The van der Waals surface area contributed by atoms with Crippen molar-refractivity contribution in [3.8, 4) is 0 Å². The van der Waals surface area contributed by atoms with Crippen LogP contribution < -0.4 is 5.73 Å². The maximum atomic E-state index is 6.07. The fraction of sp³-hybridized carbons (Fsp3) is 1.00.